The standard InChI is InChI=1S/C26H25N7O2S/c1-34-8-9-35-19-5-6-22(31-12-19)23-20(10-27)24(33-16-26(17-33)14-29-15-26)32-25(21(23)11-28)36-13-18-4-2-3-7-30-18/h2-7,12,29H,8-9,13-17H2,1H3. The summed E-state index contributed by atoms with van der Waals surface area (Å²) in [5.41, 5.74) is 2.90. The first kappa shape index (κ1) is 24.0. The van der Waals surface area contributed by atoms with Gasteiger partial charge in [0.05, 0.1) is 29.8 Å². The average Bonchev–Trinajstić information content (AvgIpc) is 2.86. The lowest BCUT2D eigenvalue weighted by Gasteiger charge is -2.56. The van der Waals surface area contributed by atoms with Crippen molar-refractivity contribution in [3.05, 3.63) is 59.5 Å². The number of rotatable bonds is 9. The van der Waals surface area contributed by atoms with E-state index in [4.69, 9.17) is 14.5 Å². The van der Waals surface area contributed by atoms with Crippen molar-refractivity contribution in [1.82, 2.24) is 20.3 Å². The van der Waals surface area contributed by atoms with Gasteiger partial charge in [0.2, 0.25) is 0 Å². The summed E-state index contributed by atoms with van der Waals surface area (Å²) in [4.78, 5) is 15.9. The van der Waals surface area contributed by atoms with Gasteiger partial charge in [-0.3, -0.25) is 9.97 Å². The molecule has 2 aliphatic rings. The Morgan fingerprint density at radius 2 is 1.92 bits per heavy atom. The minimum atomic E-state index is 0.253. The number of nitriles is 2. The molecule has 0 atom stereocenters. The molecular formula is C26H25N7O2S. The molecule has 0 aliphatic carbocycles. The predicted molar refractivity (Wildman–Crippen MR) is 136 cm³/mol. The summed E-state index contributed by atoms with van der Waals surface area (Å²) < 4.78 is 10.7. The summed E-state index contributed by atoms with van der Waals surface area (Å²) >= 11 is 1.44. The largest absolute Gasteiger partial charge is 0.490 e. The second-order valence-electron chi connectivity index (χ2n) is 8.88. The van der Waals surface area contributed by atoms with Gasteiger partial charge in [-0.1, -0.05) is 17.8 Å². The number of nitrogens with one attached hydrogen (secondary N) is 1. The van der Waals surface area contributed by atoms with Gasteiger partial charge in [-0.2, -0.15) is 10.5 Å². The van der Waals surface area contributed by atoms with Crippen LogP contribution in [0.25, 0.3) is 11.3 Å². The molecular weight excluding hydrogens is 474 g/mol. The molecule has 3 aromatic rings. The normalized spacial score (nSPS) is 15.5. The molecule has 0 aromatic carbocycles. The molecule has 0 amide bonds. The Balaban J connectivity index is 1.54. The van der Waals surface area contributed by atoms with Crippen LogP contribution in [0.3, 0.4) is 0 Å². The van der Waals surface area contributed by atoms with E-state index in [1.165, 1.54) is 11.8 Å². The van der Waals surface area contributed by atoms with E-state index in [-0.39, 0.29) is 5.41 Å². The SMILES string of the molecule is COCCOc1ccc(-c2c(C#N)c(SCc3ccccn3)nc(N3CC4(CNC4)C3)c2C#N)nc1. The van der Waals surface area contributed by atoms with Gasteiger partial charge in [0.15, 0.2) is 0 Å². The maximum Gasteiger partial charge on any atom is 0.148 e. The third-order valence-electron chi connectivity index (χ3n) is 6.35. The summed E-state index contributed by atoms with van der Waals surface area (Å²) in [7, 11) is 1.61. The van der Waals surface area contributed by atoms with Gasteiger partial charge < -0.3 is 19.7 Å². The Kier molecular flexibility index (Phi) is 7.01. The fraction of sp³-hybridized carbons (Fsp3) is 0.346. The lowest BCUT2D eigenvalue weighted by molar-refractivity contribution is 0.120. The van der Waals surface area contributed by atoms with Gasteiger partial charge in [0.25, 0.3) is 0 Å². The van der Waals surface area contributed by atoms with Crippen LogP contribution in [-0.2, 0) is 10.5 Å². The Labute approximate surface area is 214 Å². The van der Waals surface area contributed by atoms with E-state index < -0.39 is 0 Å². The second kappa shape index (κ2) is 10.5. The lowest BCUT2D eigenvalue weighted by atomic mass is 9.74. The highest BCUT2D eigenvalue weighted by atomic mass is 32.2. The first-order valence-corrected chi connectivity index (χ1v) is 12.6. The van der Waals surface area contributed by atoms with Gasteiger partial charge in [-0.05, 0) is 24.3 Å². The van der Waals surface area contributed by atoms with Crippen molar-refractivity contribution >= 4 is 17.6 Å². The molecule has 9 nitrogen and oxygen atoms in total. The van der Waals surface area contributed by atoms with E-state index in [2.05, 4.69) is 32.3 Å². The van der Waals surface area contributed by atoms with Gasteiger partial charge in [0, 0.05) is 56.2 Å². The summed E-state index contributed by atoms with van der Waals surface area (Å²) in [5, 5.41) is 24.3. The molecule has 36 heavy (non-hydrogen) atoms. The van der Waals surface area contributed by atoms with E-state index >= 15 is 0 Å². The zero-order valence-electron chi connectivity index (χ0n) is 19.9. The fourth-order valence-corrected chi connectivity index (χ4v) is 5.35. The second-order valence-corrected chi connectivity index (χ2v) is 9.84. The Morgan fingerprint density at radius 1 is 1.08 bits per heavy atom. The minimum Gasteiger partial charge on any atom is -0.490 e. The predicted octanol–water partition coefficient (Wildman–Crippen LogP) is 3.01. The molecule has 10 heteroatoms. The zero-order chi connectivity index (χ0) is 25.0. The van der Waals surface area contributed by atoms with Crippen LogP contribution in [0.15, 0.2) is 47.8 Å². The summed E-state index contributed by atoms with van der Waals surface area (Å²) in [6, 6.07) is 13.9. The monoisotopic (exact) mass is 499 g/mol. The number of hydrogen-bond acceptors (Lipinski definition) is 10. The van der Waals surface area contributed by atoms with Crippen molar-refractivity contribution in [3.63, 3.8) is 0 Å². The number of hydrogen-bond donors (Lipinski definition) is 1. The van der Waals surface area contributed by atoms with E-state index in [0.717, 1.165) is 31.9 Å². The molecule has 5 rings (SSSR count). The maximum atomic E-state index is 10.2. The Hall–Kier alpha value is -3.70. The van der Waals surface area contributed by atoms with Gasteiger partial charge in [0.1, 0.15) is 40.9 Å². The fourth-order valence-electron chi connectivity index (χ4n) is 4.45. The molecule has 2 aliphatic heterocycles. The van der Waals surface area contributed by atoms with Crippen LogP contribution in [-0.4, -0.2) is 61.5 Å². The third kappa shape index (κ3) is 4.71. The number of ether oxygens (including phenoxy) is 2. The van der Waals surface area contributed by atoms with Crippen LogP contribution >= 0.6 is 11.8 Å². The molecule has 0 radical (unpaired) electrons. The first-order valence-electron chi connectivity index (χ1n) is 11.6. The number of nitrogens with zero attached hydrogens (tertiary/aromatic N) is 6. The quantitative estimate of drug-likeness (QED) is 0.347. The molecule has 1 N–H and O–H groups in total. The molecule has 5 heterocycles. The molecule has 2 fully saturated rings. The van der Waals surface area contributed by atoms with Crippen molar-refractivity contribution in [2.24, 2.45) is 5.41 Å². The van der Waals surface area contributed by atoms with Crippen molar-refractivity contribution in [3.8, 4) is 29.1 Å². The minimum absolute atomic E-state index is 0.253. The van der Waals surface area contributed by atoms with Crippen LogP contribution < -0.4 is 15.0 Å². The van der Waals surface area contributed by atoms with Crippen LogP contribution in [0.1, 0.15) is 16.8 Å². The number of aromatic nitrogens is 3. The highest BCUT2D eigenvalue weighted by molar-refractivity contribution is 7.98. The van der Waals surface area contributed by atoms with Crippen LogP contribution in [0.5, 0.6) is 5.75 Å². The van der Waals surface area contributed by atoms with Crippen molar-refractivity contribution in [1.29, 1.82) is 10.5 Å². The molecule has 1 spiro atoms. The topological polar surface area (TPSA) is 120 Å². The van der Waals surface area contributed by atoms with E-state index in [1.54, 1.807) is 31.6 Å². The van der Waals surface area contributed by atoms with Crippen molar-refractivity contribution in [2.45, 2.75) is 10.8 Å². The molecule has 182 valence electrons. The maximum absolute atomic E-state index is 10.2. The van der Waals surface area contributed by atoms with Crippen LogP contribution in [0, 0.1) is 28.1 Å². The third-order valence-corrected chi connectivity index (χ3v) is 7.36. The summed E-state index contributed by atoms with van der Waals surface area (Å²) in [6.07, 6.45) is 3.35. The van der Waals surface area contributed by atoms with Gasteiger partial charge in [-0.15, -0.1) is 0 Å². The molecule has 3 aromatic heterocycles. The average molecular weight is 500 g/mol. The molecule has 0 bridgehead atoms. The highest BCUT2D eigenvalue weighted by Gasteiger charge is 2.49. The molecule has 0 unspecified atom stereocenters. The van der Waals surface area contributed by atoms with Crippen LogP contribution in [0.4, 0.5) is 5.82 Å². The number of pyridine rings is 3. The van der Waals surface area contributed by atoms with Gasteiger partial charge >= 0.3 is 0 Å². The van der Waals surface area contributed by atoms with Crippen molar-refractivity contribution < 1.29 is 9.47 Å². The molecule has 2 saturated heterocycles. The van der Waals surface area contributed by atoms with Gasteiger partial charge in [-0.25, -0.2) is 4.98 Å². The van der Waals surface area contributed by atoms with E-state index in [0.29, 0.717) is 57.9 Å². The Morgan fingerprint density at radius 3 is 2.53 bits per heavy atom. The Bertz CT molecular complexity index is 1310. The number of thioether (sulfide) groups is 1. The highest BCUT2D eigenvalue weighted by Crippen LogP contribution is 2.43. The zero-order valence-corrected chi connectivity index (χ0v) is 20.7. The summed E-state index contributed by atoms with van der Waals surface area (Å²) in [6.45, 7) is 4.48. The summed E-state index contributed by atoms with van der Waals surface area (Å²) in [5.74, 6) is 1.75. The van der Waals surface area contributed by atoms with Crippen LogP contribution in [0.2, 0.25) is 0 Å². The number of methoxy groups -OCH3 is 1. The first-order chi connectivity index (χ1) is 17.7. The van der Waals surface area contributed by atoms with Crippen molar-refractivity contribution in [2.75, 3.05) is 51.4 Å². The molecule has 0 saturated carbocycles. The lowest BCUT2D eigenvalue weighted by Crippen LogP contribution is -2.71. The van der Waals surface area contributed by atoms with E-state index in [9.17, 15) is 10.5 Å². The van der Waals surface area contributed by atoms with E-state index in [1.807, 2.05) is 18.2 Å². The number of anilines is 1. The smallest absolute Gasteiger partial charge is 0.148 e.